The van der Waals surface area contributed by atoms with Gasteiger partial charge in [-0.1, -0.05) is 42.5 Å². The van der Waals surface area contributed by atoms with Crippen molar-refractivity contribution in [1.29, 1.82) is 0 Å². The first-order chi connectivity index (χ1) is 14.4. The largest absolute Gasteiger partial charge is 0.273 e. The third kappa shape index (κ3) is 3.80. The molecular formula is C22H21N5O3. The molecule has 0 aliphatic carbocycles. The zero-order chi connectivity index (χ0) is 21.3. The van der Waals surface area contributed by atoms with Crippen molar-refractivity contribution in [2.45, 2.75) is 26.7 Å². The van der Waals surface area contributed by atoms with Crippen molar-refractivity contribution < 1.29 is 9.59 Å². The lowest BCUT2D eigenvalue weighted by Gasteiger charge is -2.12. The summed E-state index contributed by atoms with van der Waals surface area (Å²) < 4.78 is 1.55. The van der Waals surface area contributed by atoms with Gasteiger partial charge in [0.15, 0.2) is 5.65 Å². The maximum atomic E-state index is 12.4. The number of rotatable bonds is 4. The topological polar surface area (TPSA) is 108 Å². The second-order valence-corrected chi connectivity index (χ2v) is 7.16. The molecule has 152 valence electrons. The molecule has 0 saturated heterocycles. The van der Waals surface area contributed by atoms with E-state index in [2.05, 4.69) is 20.9 Å². The van der Waals surface area contributed by atoms with Crippen molar-refractivity contribution in [2.75, 3.05) is 0 Å². The lowest BCUT2D eigenvalue weighted by Crippen LogP contribution is -2.43. The summed E-state index contributed by atoms with van der Waals surface area (Å²) >= 11 is 0. The summed E-state index contributed by atoms with van der Waals surface area (Å²) in [6.45, 7) is 3.59. The normalized spacial score (nSPS) is 11.0. The van der Waals surface area contributed by atoms with Crippen LogP contribution in [-0.4, -0.2) is 26.4 Å². The minimum absolute atomic E-state index is 0.0232. The third-order valence-electron chi connectivity index (χ3n) is 5.11. The molecule has 0 saturated carbocycles. The van der Waals surface area contributed by atoms with E-state index in [1.165, 1.54) is 6.07 Å². The van der Waals surface area contributed by atoms with Gasteiger partial charge in [-0.25, -0.2) is 9.50 Å². The van der Waals surface area contributed by atoms with Crippen LogP contribution < -0.4 is 16.4 Å². The summed E-state index contributed by atoms with van der Waals surface area (Å²) in [5.74, 6) is -0.681. The molecule has 8 heteroatoms. The first-order valence-corrected chi connectivity index (χ1v) is 9.54. The van der Waals surface area contributed by atoms with Crippen LogP contribution >= 0.6 is 0 Å². The second kappa shape index (κ2) is 7.82. The van der Waals surface area contributed by atoms with Gasteiger partial charge in [-0.2, -0.15) is 0 Å². The van der Waals surface area contributed by atoms with E-state index in [9.17, 15) is 14.4 Å². The Morgan fingerprint density at radius 1 is 1.00 bits per heavy atom. The Morgan fingerprint density at radius 3 is 2.50 bits per heavy atom. The van der Waals surface area contributed by atoms with E-state index in [1.54, 1.807) is 18.4 Å². The van der Waals surface area contributed by atoms with Gasteiger partial charge < -0.3 is 0 Å². The molecular weight excluding hydrogens is 382 g/mol. The zero-order valence-corrected chi connectivity index (χ0v) is 16.7. The summed E-state index contributed by atoms with van der Waals surface area (Å²) in [6.07, 6.45) is 0.174. The fourth-order valence-corrected chi connectivity index (χ4v) is 3.62. The summed E-state index contributed by atoms with van der Waals surface area (Å²) in [5.41, 5.74) is 8.13. The number of nitrogens with one attached hydrogen (secondary N) is 3. The number of H-pyrrole nitrogens is 1. The predicted octanol–water partition coefficient (Wildman–Crippen LogP) is 1.73. The van der Waals surface area contributed by atoms with Crippen LogP contribution in [0.25, 0.3) is 16.4 Å². The molecule has 4 aromatic rings. The number of aryl methyl sites for hydroxylation is 2. The summed E-state index contributed by atoms with van der Waals surface area (Å²) in [4.78, 5) is 40.6. The number of amides is 2. The number of hydrogen-bond acceptors (Lipinski definition) is 4. The number of benzene rings is 2. The highest BCUT2D eigenvalue weighted by atomic mass is 16.2. The number of fused-ring (bicyclic) bond motifs is 2. The van der Waals surface area contributed by atoms with Crippen molar-refractivity contribution in [3.63, 3.8) is 0 Å². The Labute approximate surface area is 171 Å². The minimum Gasteiger partial charge on any atom is -0.273 e. The van der Waals surface area contributed by atoms with E-state index in [1.807, 2.05) is 42.5 Å². The molecule has 8 nitrogen and oxygen atoms in total. The quantitative estimate of drug-likeness (QED) is 0.451. The Balaban J connectivity index is 1.42. The van der Waals surface area contributed by atoms with Crippen LogP contribution in [0, 0.1) is 13.8 Å². The Morgan fingerprint density at radius 2 is 1.70 bits per heavy atom. The van der Waals surface area contributed by atoms with E-state index in [0.717, 1.165) is 22.0 Å². The molecule has 4 rings (SSSR count). The lowest BCUT2D eigenvalue weighted by atomic mass is 10.0. The fraction of sp³-hybridized carbons (Fsp3) is 0.182. The summed E-state index contributed by atoms with van der Waals surface area (Å²) in [6, 6.07) is 15.0. The van der Waals surface area contributed by atoms with Gasteiger partial charge >= 0.3 is 0 Å². The van der Waals surface area contributed by atoms with Crippen molar-refractivity contribution in [3.05, 3.63) is 81.4 Å². The van der Waals surface area contributed by atoms with Gasteiger partial charge in [0.05, 0.1) is 12.8 Å². The van der Waals surface area contributed by atoms with E-state index in [0.29, 0.717) is 16.9 Å². The molecule has 2 aromatic heterocycles. The Hall–Kier alpha value is -3.94. The van der Waals surface area contributed by atoms with E-state index >= 15 is 0 Å². The minimum atomic E-state index is -0.372. The molecule has 0 aliphatic rings. The molecule has 0 radical (unpaired) electrons. The number of aromatic nitrogens is 3. The number of hydrogen-bond donors (Lipinski definition) is 3. The summed E-state index contributed by atoms with van der Waals surface area (Å²) in [7, 11) is 0. The van der Waals surface area contributed by atoms with Gasteiger partial charge in [0.2, 0.25) is 11.8 Å². The fourth-order valence-electron chi connectivity index (χ4n) is 3.62. The molecule has 0 fully saturated rings. The van der Waals surface area contributed by atoms with Crippen molar-refractivity contribution in [2.24, 2.45) is 0 Å². The molecule has 0 spiro atoms. The molecule has 0 unspecified atom stereocenters. The van der Waals surface area contributed by atoms with E-state index in [-0.39, 0.29) is 30.2 Å². The third-order valence-corrected chi connectivity index (χ3v) is 5.11. The maximum absolute atomic E-state index is 12.4. The maximum Gasteiger partial charge on any atom is 0.266 e. The van der Waals surface area contributed by atoms with Crippen LogP contribution in [0.1, 0.15) is 22.5 Å². The number of carbonyl (C=O) groups excluding carboxylic acids is 2. The van der Waals surface area contributed by atoms with Crippen LogP contribution in [0.5, 0.6) is 0 Å². The highest BCUT2D eigenvalue weighted by Gasteiger charge is 2.15. The van der Waals surface area contributed by atoms with Crippen LogP contribution in [0.3, 0.4) is 0 Å². The van der Waals surface area contributed by atoms with Crippen LogP contribution in [0.2, 0.25) is 0 Å². The zero-order valence-electron chi connectivity index (χ0n) is 16.7. The van der Waals surface area contributed by atoms with Gasteiger partial charge in [0, 0.05) is 23.0 Å². The van der Waals surface area contributed by atoms with Crippen LogP contribution in [-0.2, 0) is 22.4 Å². The van der Waals surface area contributed by atoms with Gasteiger partial charge in [0.1, 0.15) is 0 Å². The van der Waals surface area contributed by atoms with Crippen molar-refractivity contribution in [1.82, 2.24) is 25.4 Å². The number of nitrogens with zero attached hydrogens (tertiary/aromatic N) is 2. The summed E-state index contributed by atoms with van der Waals surface area (Å²) in [5, 5.41) is 4.72. The van der Waals surface area contributed by atoms with Gasteiger partial charge in [-0.15, -0.1) is 0 Å². The van der Waals surface area contributed by atoms with Gasteiger partial charge in [-0.3, -0.25) is 30.3 Å². The lowest BCUT2D eigenvalue weighted by molar-refractivity contribution is -0.128. The Bertz CT molecular complexity index is 1330. The molecule has 30 heavy (non-hydrogen) atoms. The van der Waals surface area contributed by atoms with Crippen LogP contribution in [0.15, 0.2) is 53.3 Å². The van der Waals surface area contributed by atoms with Crippen molar-refractivity contribution >= 4 is 28.2 Å². The number of hydrazine groups is 1. The molecule has 2 amide bonds. The molecule has 2 heterocycles. The molecule has 0 aliphatic heterocycles. The standard InChI is InChI=1S/C22H21N5O3/c1-13-18(14(2)27-19(23-13)12-22(30)26-27)11-21(29)25-24-20(28)10-16-8-5-7-15-6-3-4-9-17(15)16/h3-9,12H,10-11H2,1-2H3,(H,24,28)(H,25,29)(H,26,30). The van der Waals surface area contributed by atoms with Crippen LogP contribution in [0.4, 0.5) is 0 Å². The first-order valence-electron chi connectivity index (χ1n) is 9.54. The second-order valence-electron chi connectivity index (χ2n) is 7.16. The molecule has 0 atom stereocenters. The highest BCUT2D eigenvalue weighted by Crippen LogP contribution is 2.18. The number of carbonyl (C=O) groups is 2. The Kier molecular flexibility index (Phi) is 5.05. The smallest absolute Gasteiger partial charge is 0.266 e. The average Bonchev–Trinajstić information content (AvgIpc) is 3.10. The average molecular weight is 403 g/mol. The van der Waals surface area contributed by atoms with E-state index < -0.39 is 0 Å². The highest BCUT2D eigenvalue weighted by molar-refractivity contribution is 5.91. The molecule has 0 bridgehead atoms. The first kappa shape index (κ1) is 19.4. The molecule has 2 aromatic carbocycles. The number of aromatic amines is 1. The molecule has 3 N–H and O–H groups in total. The van der Waals surface area contributed by atoms with Crippen molar-refractivity contribution in [3.8, 4) is 0 Å². The van der Waals surface area contributed by atoms with Gasteiger partial charge in [0.25, 0.3) is 5.56 Å². The predicted molar refractivity (Wildman–Crippen MR) is 113 cm³/mol. The SMILES string of the molecule is Cc1nc2cc(=O)[nH]n2c(C)c1CC(=O)NNC(=O)Cc1cccc2ccccc12. The van der Waals surface area contributed by atoms with E-state index in [4.69, 9.17) is 0 Å². The monoisotopic (exact) mass is 403 g/mol. The van der Waals surface area contributed by atoms with Gasteiger partial charge in [-0.05, 0) is 30.2 Å².